The summed E-state index contributed by atoms with van der Waals surface area (Å²) < 4.78 is 5.07. The highest BCUT2D eigenvalue weighted by Crippen LogP contribution is 2.12. The standard InChI is InChI=1S/C11H15NO2/c1-8(13)11(14-2)7-9-4-3-5-10(12)6-9/h3-6,11,13H,1,7,12H2,2H3. The molecule has 0 aliphatic heterocycles. The molecular formula is C11H15NO2. The summed E-state index contributed by atoms with van der Waals surface area (Å²) in [5.41, 5.74) is 7.36. The van der Waals surface area contributed by atoms with Crippen LogP contribution in [0.2, 0.25) is 0 Å². The minimum atomic E-state index is -0.364. The Balaban J connectivity index is 2.72. The molecule has 3 nitrogen and oxygen atoms in total. The fraction of sp³-hybridized carbons (Fsp3) is 0.273. The zero-order valence-corrected chi connectivity index (χ0v) is 8.23. The van der Waals surface area contributed by atoms with E-state index in [0.29, 0.717) is 12.1 Å². The number of nitrogen functional groups attached to an aromatic ring is 1. The van der Waals surface area contributed by atoms with Gasteiger partial charge < -0.3 is 15.6 Å². The first-order valence-corrected chi connectivity index (χ1v) is 4.38. The van der Waals surface area contributed by atoms with Gasteiger partial charge in [0.05, 0.1) is 0 Å². The Labute approximate surface area is 83.8 Å². The monoisotopic (exact) mass is 193 g/mol. The summed E-state index contributed by atoms with van der Waals surface area (Å²) in [6.07, 6.45) is 0.216. The molecule has 0 bridgehead atoms. The van der Waals surface area contributed by atoms with Gasteiger partial charge in [-0.1, -0.05) is 18.7 Å². The number of benzene rings is 1. The first-order chi connectivity index (χ1) is 6.63. The van der Waals surface area contributed by atoms with Crippen LogP contribution in [0.1, 0.15) is 5.56 Å². The van der Waals surface area contributed by atoms with Gasteiger partial charge in [0, 0.05) is 19.2 Å². The van der Waals surface area contributed by atoms with E-state index in [1.807, 2.05) is 24.3 Å². The number of methoxy groups -OCH3 is 1. The molecule has 0 aliphatic rings. The zero-order chi connectivity index (χ0) is 10.6. The number of hydrogen-bond donors (Lipinski definition) is 2. The van der Waals surface area contributed by atoms with Gasteiger partial charge in [0.2, 0.25) is 0 Å². The Morgan fingerprint density at radius 1 is 1.64 bits per heavy atom. The molecule has 0 spiro atoms. The highest BCUT2D eigenvalue weighted by Gasteiger charge is 2.11. The third-order valence-electron chi connectivity index (χ3n) is 2.03. The molecule has 0 saturated carbocycles. The van der Waals surface area contributed by atoms with Crippen molar-refractivity contribution in [3.8, 4) is 0 Å². The molecule has 0 aromatic heterocycles. The van der Waals surface area contributed by atoms with Gasteiger partial charge in [0.15, 0.2) is 0 Å². The van der Waals surface area contributed by atoms with Crippen LogP contribution in [0, 0.1) is 0 Å². The van der Waals surface area contributed by atoms with E-state index in [1.54, 1.807) is 7.11 Å². The lowest BCUT2D eigenvalue weighted by Crippen LogP contribution is -2.16. The predicted octanol–water partition coefficient (Wildman–Crippen LogP) is 1.90. The van der Waals surface area contributed by atoms with Gasteiger partial charge in [-0.2, -0.15) is 0 Å². The summed E-state index contributed by atoms with van der Waals surface area (Å²) in [5.74, 6) is 0.0370. The highest BCUT2D eigenvalue weighted by atomic mass is 16.5. The Bertz CT molecular complexity index is 323. The van der Waals surface area contributed by atoms with Crippen molar-refractivity contribution in [2.45, 2.75) is 12.5 Å². The van der Waals surface area contributed by atoms with E-state index in [1.165, 1.54) is 0 Å². The Hall–Kier alpha value is -1.48. The van der Waals surface area contributed by atoms with Gasteiger partial charge in [-0.05, 0) is 17.7 Å². The molecule has 76 valence electrons. The second kappa shape index (κ2) is 4.67. The van der Waals surface area contributed by atoms with Crippen molar-refractivity contribution < 1.29 is 9.84 Å². The van der Waals surface area contributed by atoms with Crippen molar-refractivity contribution in [3.05, 3.63) is 42.2 Å². The van der Waals surface area contributed by atoms with Crippen LogP contribution in [-0.4, -0.2) is 18.3 Å². The van der Waals surface area contributed by atoms with Crippen LogP contribution in [0.5, 0.6) is 0 Å². The molecule has 3 heteroatoms. The topological polar surface area (TPSA) is 55.5 Å². The van der Waals surface area contributed by atoms with Crippen molar-refractivity contribution in [1.82, 2.24) is 0 Å². The van der Waals surface area contributed by atoms with Crippen molar-refractivity contribution in [3.63, 3.8) is 0 Å². The van der Waals surface area contributed by atoms with Crippen LogP contribution in [0.15, 0.2) is 36.6 Å². The summed E-state index contributed by atoms with van der Waals surface area (Å²) in [6, 6.07) is 7.48. The van der Waals surface area contributed by atoms with Gasteiger partial charge >= 0.3 is 0 Å². The first kappa shape index (κ1) is 10.6. The molecule has 0 saturated heterocycles. The Morgan fingerprint density at radius 3 is 2.86 bits per heavy atom. The quantitative estimate of drug-likeness (QED) is 0.567. The van der Waals surface area contributed by atoms with Gasteiger partial charge in [-0.3, -0.25) is 0 Å². The van der Waals surface area contributed by atoms with Gasteiger partial charge in [0.1, 0.15) is 11.9 Å². The molecule has 0 aliphatic carbocycles. The Kier molecular flexibility index (Phi) is 3.54. The molecule has 1 aromatic rings. The van der Waals surface area contributed by atoms with Crippen LogP contribution in [-0.2, 0) is 11.2 Å². The summed E-state index contributed by atoms with van der Waals surface area (Å²) >= 11 is 0. The molecule has 0 radical (unpaired) electrons. The van der Waals surface area contributed by atoms with Crippen LogP contribution in [0.4, 0.5) is 5.69 Å². The summed E-state index contributed by atoms with van der Waals surface area (Å²) in [7, 11) is 1.54. The summed E-state index contributed by atoms with van der Waals surface area (Å²) in [4.78, 5) is 0. The number of anilines is 1. The normalized spacial score (nSPS) is 12.4. The number of rotatable bonds is 4. The average molecular weight is 193 g/mol. The van der Waals surface area contributed by atoms with E-state index >= 15 is 0 Å². The van der Waals surface area contributed by atoms with E-state index in [9.17, 15) is 5.11 Å². The second-order valence-corrected chi connectivity index (χ2v) is 3.16. The first-order valence-electron chi connectivity index (χ1n) is 4.38. The minimum Gasteiger partial charge on any atom is -0.510 e. The van der Waals surface area contributed by atoms with E-state index in [-0.39, 0.29) is 11.9 Å². The molecule has 1 aromatic carbocycles. The molecule has 0 fully saturated rings. The van der Waals surface area contributed by atoms with Crippen molar-refractivity contribution >= 4 is 5.69 Å². The fourth-order valence-electron chi connectivity index (χ4n) is 1.27. The van der Waals surface area contributed by atoms with Gasteiger partial charge in [0.25, 0.3) is 0 Å². The van der Waals surface area contributed by atoms with Gasteiger partial charge in [-0.25, -0.2) is 0 Å². The van der Waals surface area contributed by atoms with E-state index < -0.39 is 0 Å². The minimum absolute atomic E-state index is 0.0370. The van der Waals surface area contributed by atoms with Crippen LogP contribution in [0.3, 0.4) is 0 Å². The number of hydrogen-bond acceptors (Lipinski definition) is 3. The van der Waals surface area contributed by atoms with Crippen molar-refractivity contribution in [1.29, 1.82) is 0 Å². The van der Waals surface area contributed by atoms with E-state index in [0.717, 1.165) is 5.56 Å². The maximum Gasteiger partial charge on any atom is 0.117 e. The highest BCUT2D eigenvalue weighted by molar-refractivity contribution is 5.40. The number of aliphatic hydroxyl groups excluding tert-OH is 1. The Morgan fingerprint density at radius 2 is 2.36 bits per heavy atom. The lowest BCUT2D eigenvalue weighted by Gasteiger charge is -2.13. The van der Waals surface area contributed by atoms with Gasteiger partial charge in [-0.15, -0.1) is 0 Å². The number of aliphatic hydroxyl groups is 1. The molecule has 1 rings (SSSR count). The number of nitrogens with two attached hydrogens (primary N) is 1. The maximum absolute atomic E-state index is 9.19. The predicted molar refractivity (Wildman–Crippen MR) is 57.1 cm³/mol. The zero-order valence-electron chi connectivity index (χ0n) is 8.23. The summed E-state index contributed by atoms with van der Waals surface area (Å²) in [6.45, 7) is 3.44. The van der Waals surface area contributed by atoms with Crippen LogP contribution < -0.4 is 5.73 Å². The third kappa shape index (κ3) is 2.78. The molecule has 3 N–H and O–H groups in total. The molecule has 0 amide bonds. The molecule has 0 heterocycles. The molecule has 1 atom stereocenters. The second-order valence-electron chi connectivity index (χ2n) is 3.16. The lowest BCUT2D eigenvalue weighted by atomic mass is 10.1. The van der Waals surface area contributed by atoms with E-state index in [2.05, 4.69) is 6.58 Å². The average Bonchev–Trinajstić information content (AvgIpc) is 2.14. The molecular weight excluding hydrogens is 178 g/mol. The fourth-order valence-corrected chi connectivity index (χ4v) is 1.27. The lowest BCUT2D eigenvalue weighted by molar-refractivity contribution is 0.0945. The van der Waals surface area contributed by atoms with E-state index in [4.69, 9.17) is 10.5 Å². The largest absolute Gasteiger partial charge is 0.510 e. The molecule has 1 unspecified atom stereocenters. The molecule has 14 heavy (non-hydrogen) atoms. The SMILES string of the molecule is C=C(O)C(Cc1cccc(N)c1)OC. The van der Waals surface area contributed by atoms with Crippen LogP contribution in [0.25, 0.3) is 0 Å². The maximum atomic E-state index is 9.19. The number of ether oxygens (including phenoxy) is 1. The van der Waals surface area contributed by atoms with Crippen molar-refractivity contribution in [2.75, 3.05) is 12.8 Å². The van der Waals surface area contributed by atoms with Crippen LogP contribution >= 0.6 is 0 Å². The summed E-state index contributed by atoms with van der Waals surface area (Å²) in [5, 5.41) is 9.19. The van der Waals surface area contributed by atoms with Crippen molar-refractivity contribution in [2.24, 2.45) is 0 Å². The third-order valence-corrected chi connectivity index (χ3v) is 2.03. The smallest absolute Gasteiger partial charge is 0.117 e.